The summed E-state index contributed by atoms with van der Waals surface area (Å²) in [7, 11) is 0. The highest BCUT2D eigenvalue weighted by Gasteiger charge is 2.19. The van der Waals surface area contributed by atoms with Crippen molar-refractivity contribution in [2.24, 2.45) is 0 Å². The van der Waals surface area contributed by atoms with E-state index in [2.05, 4.69) is 10.6 Å². The molecule has 1 aromatic carbocycles. The summed E-state index contributed by atoms with van der Waals surface area (Å²) in [5.41, 5.74) is 2.35. The lowest BCUT2D eigenvalue weighted by Crippen LogP contribution is -2.44. The zero-order valence-electron chi connectivity index (χ0n) is 15.6. The Bertz CT molecular complexity index is 857. The minimum absolute atomic E-state index is 0.128. The maximum atomic E-state index is 13.1. The fraction of sp³-hybridized carbons (Fsp3) is 0.316. The Morgan fingerprint density at radius 2 is 1.78 bits per heavy atom. The average Bonchev–Trinajstić information content (AvgIpc) is 2.87. The number of amides is 3. The van der Waals surface area contributed by atoms with Gasteiger partial charge in [0.1, 0.15) is 5.82 Å². The van der Waals surface area contributed by atoms with Gasteiger partial charge in [-0.3, -0.25) is 10.1 Å². The van der Waals surface area contributed by atoms with Crippen molar-refractivity contribution in [2.75, 3.05) is 6.61 Å². The van der Waals surface area contributed by atoms with Crippen molar-refractivity contribution >= 4 is 17.9 Å². The van der Waals surface area contributed by atoms with E-state index in [0.717, 1.165) is 5.69 Å². The highest BCUT2D eigenvalue weighted by atomic mass is 19.1. The molecule has 1 aromatic heterocycles. The normalized spacial score (nSPS) is 10.6. The van der Waals surface area contributed by atoms with Crippen LogP contribution in [0.1, 0.15) is 35.6 Å². The number of nitrogens with zero attached hydrogens (tertiary/aromatic N) is 1. The van der Waals surface area contributed by atoms with Crippen LogP contribution in [0, 0.1) is 19.7 Å². The molecule has 0 fully saturated rings. The molecular weight excluding hydrogens is 353 g/mol. The maximum absolute atomic E-state index is 13.1. The second-order valence-electron chi connectivity index (χ2n) is 6.35. The van der Waals surface area contributed by atoms with E-state index in [1.54, 1.807) is 50.5 Å². The third-order valence-electron chi connectivity index (χ3n) is 3.74. The average molecular weight is 375 g/mol. The number of nitrogens with one attached hydrogen (secondary N) is 2. The van der Waals surface area contributed by atoms with E-state index in [-0.39, 0.29) is 17.4 Å². The van der Waals surface area contributed by atoms with E-state index in [0.29, 0.717) is 11.4 Å². The molecule has 0 saturated heterocycles. The SMILES string of the molecule is Cc1cc(C(=O)OCC(=O)NC(=O)NC(C)C)c(C)n1-c1ccc(F)cc1. The summed E-state index contributed by atoms with van der Waals surface area (Å²) in [6.07, 6.45) is 0. The first-order valence-corrected chi connectivity index (χ1v) is 8.41. The molecule has 2 N–H and O–H groups in total. The summed E-state index contributed by atoms with van der Waals surface area (Å²) in [5.74, 6) is -1.77. The fourth-order valence-corrected chi connectivity index (χ4v) is 2.63. The van der Waals surface area contributed by atoms with Gasteiger partial charge in [0.2, 0.25) is 0 Å². The van der Waals surface area contributed by atoms with Gasteiger partial charge >= 0.3 is 12.0 Å². The number of carbonyl (C=O) groups is 3. The monoisotopic (exact) mass is 375 g/mol. The number of aryl methyl sites for hydroxylation is 1. The van der Waals surface area contributed by atoms with Crippen molar-refractivity contribution in [1.29, 1.82) is 0 Å². The van der Waals surface area contributed by atoms with Crippen LogP contribution in [0.2, 0.25) is 0 Å². The first-order chi connectivity index (χ1) is 12.7. The minimum atomic E-state index is -0.728. The topological polar surface area (TPSA) is 89.4 Å². The number of benzene rings is 1. The molecule has 8 heteroatoms. The molecule has 2 rings (SSSR count). The molecule has 0 bridgehead atoms. The molecule has 0 unspecified atom stereocenters. The van der Waals surface area contributed by atoms with E-state index in [9.17, 15) is 18.8 Å². The lowest BCUT2D eigenvalue weighted by molar-refractivity contribution is -0.123. The number of rotatable bonds is 5. The Morgan fingerprint density at radius 1 is 1.15 bits per heavy atom. The van der Waals surface area contributed by atoms with Gasteiger partial charge < -0.3 is 14.6 Å². The van der Waals surface area contributed by atoms with Crippen molar-refractivity contribution in [2.45, 2.75) is 33.7 Å². The highest BCUT2D eigenvalue weighted by Crippen LogP contribution is 2.21. The van der Waals surface area contributed by atoms with Gasteiger partial charge in [0.05, 0.1) is 5.56 Å². The Morgan fingerprint density at radius 3 is 2.37 bits per heavy atom. The summed E-state index contributed by atoms with van der Waals surface area (Å²) in [6, 6.07) is 6.72. The van der Waals surface area contributed by atoms with Crippen LogP contribution in [0.3, 0.4) is 0 Å². The summed E-state index contributed by atoms with van der Waals surface area (Å²) >= 11 is 0. The molecule has 0 aliphatic heterocycles. The Kier molecular flexibility index (Phi) is 6.33. The standard InChI is InChI=1S/C19H22FN3O4/c1-11(2)21-19(26)22-17(24)10-27-18(25)16-9-12(3)23(13(16)4)15-7-5-14(20)6-8-15/h5-9,11H,10H2,1-4H3,(H2,21,22,24,26). The highest BCUT2D eigenvalue weighted by molar-refractivity contribution is 5.97. The van der Waals surface area contributed by atoms with E-state index in [1.807, 2.05) is 0 Å². The molecule has 27 heavy (non-hydrogen) atoms. The van der Waals surface area contributed by atoms with Gasteiger partial charge in [0.25, 0.3) is 5.91 Å². The van der Waals surface area contributed by atoms with Gasteiger partial charge in [-0.15, -0.1) is 0 Å². The number of imide groups is 1. The zero-order chi connectivity index (χ0) is 20.1. The summed E-state index contributed by atoms with van der Waals surface area (Å²) in [6.45, 7) is 6.45. The largest absolute Gasteiger partial charge is 0.452 e. The fourth-order valence-electron chi connectivity index (χ4n) is 2.63. The van der Waals surface area contributed by atoms with E-state index in [1.165, 1.54) is 12.1 Å². The molecular formula is C19H22FN3O4. The van der Waals surface area contributed by atoms with Crippen LogP contribution in [0.5, 0.6) is 0 Å². The van der Waals surface area contributed by atoms with Crippen molar-refractivity contribution in [3.05, 3.63) is 53.1 Å². The van der Waals surface area contributed by atoms with Gasteiger partial charge in [0, 0.05) is 23.1 Å². The van der Waals surface area contributed by atoms with Crippen molar-refractivity contribution in [1.82, 2.24) is 15.2 Å². The van der Waals surface area contributed by atoms with Crippen LogP contribution in [-0.2, 0) is 9.53 Å². The van der Waals surface area contributed by atoms with Gasteiger partial charge in [-0.25, -0.2) is 14.0 Å². The van der Waals surface area contributed by atoms with Crippen LogP contribution in [0.25, 0.3) is 5.69 Å². The number of carbonyl (C=O) groups excluding carboxylic acids is 3. The van der Waals surface area contributed by atoms with Crippen molar-refractivity contribution < 1.29 is 23.5 Å². The molecule has 3 amide bonds. The second kappa shape index (κ2) is 8.48. The lowest BCUT2D eigenvalue weighted by Gasteiger charge is -2.10. The Balaban J connectivity index is 2.05. The number of halogens is 1. The Hall–Kier alpha value is -3.16. The van der Waals surface area contributed by atoms with E-state index >= 15 is 0 Å². The third kappa shape index (κ3) is 5.16. The smallest absolute Gasteiger partial charge is 0.340 e. The second-order valence-corrected chi connectivity index (χ2v) is 6.35. The molecule has 7 nitrogen and oxygen atoms in total. The van der Waals surface area contributed by atoms with Crippen LogP contribution in [-0.4, -0.2) is 35.1 Å². The molecule has 1 heterocycles. The van der Waals surface area contributed by atoms with Gasteiger partial charge in [-0.1, -0.05) is 0 Å². The third-order valence-corrected chi connectivity index (χ3v) is 3.74. The first-order valence-electron chi connectivity index (χ1n) is 8.41. The van der Waals surface area contributed by atoms with Gasteiger partial charge in [-0.2, -0.15) is 0 Å². The quantitative estimate of drug-likeness (QED) is 0.786. The molecule has 0 atom stereocenters. The molecule has 144 valence electrons. The molecule has 0 spiro atoms. The number of ether oxygens (including phenoxy) is 1. The number of hydrogen-bond donors (Lipinski definition) is 2. The summed E-state index contributed by atoms with van der Waals surface area (Å²) < 4.78 is 19.9. The maximum Gasteiger partial charge on any atom is 0.340 e. The predicted molar refractivity (Wildman–Crippen MR) is 97.3 cm³/mol. The minimum Gasteiger partial charge on any atom is -0.452 e. The molecule has 0 saturated carbocycles. The van der Waals surface area contributed by atoms with Gasteiger partial charge in [-0.05, 0) is 58.0 Å². The van der Waals surface area contributed by atoms with Crippen LogP contribution in [0.4, 0.5) is 9.18 Å². The number of hydrogen-bond acceptors (Lipinski definition) is 4. The van der Waals surface area contributed by atoms with Crippen molar-refractivity contribution in [3.8, 4) is 5.69 Å². The van der Waals surface area contributed by atoms with Gasteiger partial charge in [0.15, 0.2) is 6.61 Å². The number of aromatic nitrogens is 1. The van der Waals surface area contributed by atoms with E-state index in [4.69, 9.17) is 4.74 Å². The van der Waals surface area contributed by atoms with Crippen LogP contribution in [0.15, 0.2) is 30.3 Å². The van der Waals surface area contributed by atoms with E-state index < -0.39 is 24.5 Å². The Labute approximate surface area is 156 Å². The zero-order valence-corrected chi connectivity index (χ0v) is 15.6. The lowest BCUT2D eigenvalue weighted by atomic mass is 10.2. The summed E-state index contributed by atoms with van der Waals surface area (Å²) in [4.78, 5) is 35.4. The number of urea groups is 1. The first kappa shape index (κ1) is 20.2. The van der Waals surface area contributed by atoms with Crippen LogP contribution >= 0.6 is 0 Å². The predicted octanol–water partition coefficient (Wildman–Crippen LogP) is 2.62. The number of esters is 1. The molecule has 0 aliphatic carbocycles. The molecule has 0 aliphatic rings. The van der Waals surface area contributed by atoms with Crippen molar-refractivity contribution in [3.63, 3.8) is 0 Å². The summed E-state index contributed by atoms with van der Waals surface area (Å²) in [5, 5.41) is 4.57. The molecule has 2 aromatic rings. The molecule has 0 radical (unpaired) electrons. The van der Waals surface area contributed by atoms with Crippen LogP contribution < -0.4 is 10.6 Å².